The van der Waals surface area contributed by atoms with Gasteiger partial charge in [0.05, 0.1) is 6.04 Å². The molecule has 1 saturated heterocycles. The Balaban J connectivity index is 0.00000300. The highest BCUT2D eigenvalue weighted by molar-refractivity contribution is 5.85. The molecule has 1 aliphatic heterocycles. The molecule has 7 nitrogen and oxygen atoms in total. The lowest BCUT2D eigenvalue weighted by Gasteiger charge is -2.35. The number of aromatic nitrogens is 2. The Hall–Kier alpha value is -1.96. The molecule has 2 aromatic rings. The van der Waals surface area contributed by atoms with Crippen LogP contribution in [0.5, 0.6) is 0 Å². The zero-order valence-electron chi connectivity index (χ0n) is 17.3. The maximum absolute atomic E-state index is 12.3. The fourth-order valence-corrected chi connectivity index (χ4v) is 3.49. The van der Waals surface area contributed by atoms with Gasteiger partial charge >= 0.3 is 0 Å². The van der Waals surface area contributed by atoms with Crippen molar-refractivity contribution in [1.29, 1.82) is 0 Å². The van der Waals surface area contributed by atoms with Crippen molar-refractivity contribution in [3.8, 4) is 11.4 Å². The predicted molar refractivity (Wildman–Crippen MR) is 116 cm³/mol. The van der Waals surface area contributed by atoms with Crippen molar-refractivity contribution in [3.05, 3.63) is 35.7 Å². The van der Waals surface area contributed by atoms with Crippen LogP contribution in [0.4, 0.5) is 0 Å². The Bertz CT molecular complexity index is 757. The standard InChI is InChI=1S/C21H31N5O2.ClH/c1-3-5-18(22)21(27)26-14-12-25(13-15-26)11-4-6-19-23-20(24-28-19)17-9-7-16(2)8-10-17;/h7-10,18H,3-6,11-15,22H2,1-2H3;1H. The van der Waals surface area contributed by atoms with E-state index in [0.717, 1.165) is 64.0 Å². The van der Waals surface area contributed by atoms with Gasteiger partial charge in [0.25, 0.3) is 0 Å². The van der Waals surface area contributed by atoms with E-state index in [1.807, 2.05) is 29.2 Å². The van der Waals surface area contributed by atoms with Gasteiger partial charge in [-0.25, -0.2) is 0 Å². The smallest absolute Gasteiger partial charge is 0.239 e. The molecular formula is C21H32ClN5O2. The molecule has 1 aromatic heterocycles. The van der Waals surface area contributed by atoms with Crippen LogP contribution in [0, 0.1) is 6.92 Å². The van der Waals surface area contributed by atoms with E-state index >= 15 is 0 Å². The van der Waals surface area contributed by atoms with E-state index in [4.69, 9.17) is 10.3 Å². The van der Waals surface area contributed by atoms with Gasteiger partial charge in [0, 0.05) is 38.2 Å². The van der Waals surface area contributed by atoms with Crippen molar-refractivity contribution in [1.82, 2.24) is 19.9 Å². The molecule has 1 aliphatic rings. The summed E-state index contributed by atoms with van der Waals surface area (Å²) in [4.78, 5) is 21.1. The van der Waals surface area contributed by atoms with Crippen molar-refractivity contribution in [3.63, 3.8) is 0 Å². The molecule has 0 radical (unpaired) electrons. The molecule has 160 valence electrons. The topological polar surface area (TPSA) is 88.5 Å². The molecule has 1 amide bonds. The number of nitrogens with two attached hydrogens (primary N) is 1. The van der Waals surface area contributed by atoms with Gasteiger partial charge in [-0.1, -0.05) is 48.3 Å². The number of aryl methyl sites for hydroxylation is 2. The molecule has 2 N–H and O–H groups in total. The first kappa shape index (κ1) is 23.3. The molecule has 2 heterocycles. The van der Waals surface area contributed by atoms with Gasteiger partial charge < -0.3 is 15.2 Å². The van der Waals surface area contributed by atoms with E-state index in [1.165, 1.54) is 5.56 Å². The number of piperazine rings is 1. The van der Waals surface area contributed by atoms with Crippen LogP contribution >= 0.6 is 12.4 Å². The molecule has 1 fully saturated rings. The number of rotatable bonds is 8. The summed E-state index contributed by atoms with van der Waals surface area (Å²) >= 11 is 0. The van der Waals surface area contributed by atoms with Crippen LogP contribution in [0.2, 0.25) is 0 Å². The summed E-state index contributed by atoms with van der Waals surface area (Å²) in [6.45, 7) is 8.37. The molecule has 1 aromatic carbocycles. The van der Waals surface area contributed by atoms with E-state index < -0.39 is 0 Å². The molecular weight excluding hydrogens is 390 g/mol. The Labute approximate surface area is 179 Å². The minimum atomic E-state index is -0.350. The number of carbonyl (C=O) groups excluding carboxylic acids is 1. The van der Waals surface area contributed by atoms with Crippen molar-refractivity contribution >= 4 is 18.3 Å². The van der Waals surface area contributed by atoms with Crippen LogP contribution in [0.3, 0.4) is 0 Å². The number of nitrogens with zero attached hydrogens (tertiary/aromatic N) is 4. The molecule has 1 unspecified atom stereocenters. The van der Waals surface area contributed by atoms with Gasteiger partial charge in [-0.2, -0.15) is 4.98 Å². The fourth-order valence-electron chi connectivity index (χ4n) is 3.49. The summed E-state index contributed by atoms with van der Waals surface area (Å²) in [5.41, 5.74) is 8.15. The first-order chi connectivity index (χ1) is 13.6. The average molecular weight is 422 g/mol. The summed E-state index contributed by atoms with van der Waals surface area (Å²) in [7, 11) is 0. The van der Waals surface area contributed by atoms with Crippen molar-refractivity contribution in [2.45, 2.75) is 45.6 Å². The van der Waals surface area contributed by atoms with Crippen LogP contribution in [-0.4, -0.2) is 64.6 Å². The summed E-state index contributed by atoms with van der Waals surface area (Å²) in [5, 5.41) is 4.09. The summed E-state index contributed by atoms with van der Waals surface area (Å²) in [5.74, 6) is 1.41. The quantitative estimate of drug-likeness (QED) is 0.704. The summed E-state index contributed by atoms with van der Waals surface area (Å²) < 4.78 is 5.39. The number of carbonyl (C=O) groups is 1. The second kappa shape index (κ2) is 11.3. The molecule has 8 heteroatoms. The molecule has 29 heavy (non-hydrogen) atoms. The van der Waals surface area contributed by atoms with Gasteiger partial charge in [0.1, 0.15) is 0 Å². The SMILES string of the molecule is CCCC(N)C(=O)N1CCN(CCCc2nc(-c3ccc(C)cc3)no2)CC1.Cl. The van der Waals surface area contributed by atoms with E-state index in [9.17, 15) is 4.79 Å². The summed E-state index contributed by atoms with van der Waals surface area (Å²) in [6.07, 6.45) is 3.42. The third-order valence-electron chi connectivity index (χ3n) is 5.24. The molecule has 1 atom stereocenters. The number of hydrogen-bond acceptors (Lipinski definition) is 6. The van der Waals surface area contributed by atoms with Crippen LogP contribution < -0.4 is 5.73 Å². The maximum Gasteiger partial charge on any atom is 0.239 e. The molecule has 0 saturated carbocycles. The Morgan fingerprint density at radius 1 is 1.21 bits per heavy atom. The van der Waals surface area contributed by atoms with E-state index in [0.29, 0.717) is 11.7 Å². The van der Waals surface area contributed by atoms with Crippen molar-refractivity contribution in [2.75, 3.05) is 32.7 Å². The van der Waals surface area contributed by atoms with E-state index in [-0.39, 0.29) is 24.4 Å². The fraction of sp³-hybridized carbons (Fsp3) is 0.571. The lowest BCUT2D eigenvalue weighted by atomic mass is 10.1. The number of halogens is 1. The zero-order chi connectivity index (χ0) is 19.9. The predicted octanol–water partition coefficient (Wildman–Crippen LogP) is 2.67. The normalized spacial score (nSPS) is 15.8. The van der Waals surface area contributed by atoms with E-state index in [1.54, 1.807) is 0 Å². The van der Waals surface area contributed by atoms with Crippen molar-refractivity contribution < 1.29 is 9.32 Å². The highest BCUT2D eigenvalue weighted by atomic mass is 35.5. The lowest BCUT2D eigenvalue weighted by Crippen LogP contribution is -2.53. The number of amides is 1. The highest BCUT2D eigenvalue weighted by Crippen LogP contribution is 2.17. The first-order valence-corrected chi connectivity index (χ1v) is 10.2. The molecule has 0 spiro atoms. The largest absolute Gasteiger partial charge is 0.339 e. The van der Waals surface area contributed by atoms with Crippen LogP contribution in [0.25, 0.3) is 11.4 Å². The van der Waals surface area contributed by atoms with Crippen LogP contribution in [0.1, 0.15) is 37.6 Å². The van der Waals surface area contributed by atoms with Gasteiger partial charge in [-0.3, -0.25) is 9.69 Å². The molecule has 0 aliphatic carbocycles. The second-order valence-electron chi connectivity index (χ2n) is 7.54. The first-order valence-electron chi connectivity index (χ1n) is 10.2. The second-order valence-corrected chi connectivity index (χ2v) is 7.54. The Morgan fingerprint density at radius 3 is 2.55 bits per heavy atom. The Morgan fingerprint density at radius 2 is 1.90 bits per heavy atom. The average Bonchev–Trinajstić information content (AvgIpc) is 3.17. The lowest BCUT2D eigenvalue weighted by molar-refractivity contribution is -0.134. The Kier molecular flexibility index (Phi) is 9.07. The van der Waals surface area contributed by atoms with Crippen LogP contribution in [0.15, 0.2) is 28.8 Å². The molecule has 3 rings (SSSR count). The number of hydrogen-bond donors (Lipinski definition) is 1. The maximum atomic E-state index is 12.3. The minimum absolute atomic E-state index is 0. The van der Waals surface area contributed by atoms with Gasteiger partial charge in [-0.15, -0.1) is 12.4 Å². The monoisotopic (exact) mass is 421 g/mol. The summed E-state index contributed by atoms with van der Waals surface area (Å²) in [6, 6.07) is 7.76. The zero-order valence-corrected chi connectivity index (χ0v) is 18.2. The third-order valence-corrected chi connectivity index (χ3v) is 5.24. The highest BCUT2D eigenvalue weighted by Gasteiger charge is 2.24. The van der Waals surface area contributed by atoms with Gasteiger partial charge in [0.2, 0.25) is 17.6 Å². The van der Waals surface area contributed by atoms with Gasteiger partial charge in [0.15, 0.2) is 0 Å². The third kappa shape index (κ3) is 6.52. The van der Waals surface area contributed by atoms with E-state index in [2.05, 4.69) is 28.9 Å². The van der Waals surface area contributed by atoms with Crippen LogP contribution in [-0.2, 0) is 11.2 Å². The minimum Gasteiger partial charge on any atom is -0.339 e. The van der Waals surface area contributed by atoms with Crippen molar-refractivity contribution in [2.24, 2.45) is 5.73 Å². The molecule has 0 bridgehead atoms. The van der Waals surface area contributed by atoms with Gasteiger partial charge in [-0.05, 0) is 26.3 Å². The number of benzene rings is 1.